The Kier molecular flexibility index (Phi) is 5.30. The van der Waals surface area contributed by atoms with E-state index >= 15 is 0 Å². The van der Waals surface area contributed by atoms with Crippen LogP contribution in [-0.4, -0.2) is 58.5 Å². The summed E-state index contributed by atoms with van der Waals surface area (Å²) in [6.07, 6.45) is 5.88. The van der Waals surface area contributed by atoms with Gasteiger partial charge in [-0.15, -0.1) is 0 Å². The average Bonchev–Trinajstić information content (AvgIpc) is 3.61. The first kappa shape index (κ1) is 20.3. The van der Waals surface area contributed by atoms with Crippen molar-refractivity contribution in [1.29, 1.82) is 0 Å². The van der Waals surface area contributed by atoms with Crippen LogP contribution < -0.4 is 0 Å². The van der Waals surface area contributed by atoms with E-state index in [0.29, 0.717) is 44.6 Å². The summed E-state index contributed by atoms with van der Waals surface area (Å²) in [5.41, 5.74) is 3.23. The number of aliphatic hydroxyl groups is 1. The van der Waals surface area contributed by atoms with Crippen LogP contribution in [0.25, 0.3) is 11.1 Å². The number of amides is 2. The molecule has 2 aliphatic carbocycles. The van der Waals surface area contributed by atoms with Gasteiger partial charge in [0.15, 0.2) is 0 Å². The standard InChI is InChI=1S/C26H30N2O3/c29-24(27-13-15-28(16-14-27)25(30)26(31)11-2-12-26)22-9-7-21(8-10-22)23-4-1-3-20(18-23)17-19-5-6-19/h1,3-4,7-10,18-19,31H,2,5-6,11-17H2. The molecule has 5 nitrogen and oxygen atoms in total. The van der Waals surface area contributed by atoms with Crippen molar-refractivity contribution in [2.75, 3.05) is 26.2 Å². The molecule has 31 heavy (non-hydrogen) atoms. The first-order chi connectivity index (χ1) is 15.0. The smallest absolute Gasteiger partial charge is 0.254 e. The van der Waals surface area contributed by atoms with Crippen LogP contribution in [0.4, 0.5) is 0 Å². The molecule has 0 atom stereocenters. The van der Waals surface area contributed by atoms with Gasteiger partial charge in [-0.05, 0) is 73.3 Å². The Balaban J connectivity index is 1.20. The highest BCUT2D eigenvalue weighted by atomic mass is 16.3. The number of carbonyl (C=O) groups excluding carboxylic acids is 2. The van der Waals surface area contributed by atoms with E-state index in [0.717, 1.165) is 24.3 Å². The number of hydrogen-bond donors (Lipinski definition) is 1. The van der Waals surface area contributed by atoms with Gasteiger partial charge in [-0.1, -0.05) is 36.4 Å². The van der Waals surface area contributed by atoms with Gasteiger partial charge in [0.05, 0.1) is 0 Å². The molecule has 5 heteroatoms. The number of hydrogen-bond acceptors (Lipinski definition) is 3. The number of benzene rings is 2. The van der Waals surface area contributed by atoms with Crippen molar-refractivity contribution in [2.24, 2.45) is 5.92 Å². The third kappa shape index (κ3) is 4.24. The first-order valence-corrected chi connectivity index (χ1v) is 11.5. The maximum absolute atomic E-state index is 12.9. The van der Waals surface area contributed by atoms with Crippen molar-refractivity contribution < 1.29 is 14.7 Å². The summed E-state index contributed by atoms with van der Waals surface area (Å²) in [7, 11) is 0. The molecule has 1 aliphatic heterocycles. The molecule has 2 saturated carbocycles. The van der Waals surface area contributed by atoms with Crippen LogP contribution in [0, 0.1) is 5.92 Å². The van der Waals surface area contributed by atoms with E-state index in [1.54, 1.807) is 9.80 Å². The zero-order valence-electron chi connectivity index (χ0n) is 17.9. The molecular weight excluding hydrogens is 388 g/mol. The fourth-order valence-electron chi connectivity index (χ4n) is 4.65. The Morgan fingerprint density at radius 2 is 1.58 bits per heavy atom. The molecule has 1 saturated heterocycles. The number of nitrogens with zero attached hydrogens (tertiary/aromatic N) is 2. The summed E-state index contributed by atoms with van der Waals surface area (Å²) in [5, 5.41) is 10.3. The molecule has 3 fully saturated rings. The maximum Gasteiger partial charge on any atom is 0.254 e. The molecule has 3 aliphatic rings. The first-order valence-electron chi connectivity index (χ1n) is 11.5. The van der Waals surface area contributed by atoms with Gasteiger partial charge in [0.2, 0.25) is 0 Å². The lowest BCUT2D eigenvalue weighted by Crippen LogP contribution is -2.58. The fraction of sp³-hybridized carbons (Fsp3) is 0.462. The SMILES string of the molecule is O=C(c1ccc(-c2cccc(CC3CC3)c2)cc1)N1CCN(C(=O)C2(O)CCC2)CC1. The number of piperazine rings is 1. The highest BCUT2D eigenvalue weighted by Gasteiger charge is 2.45. The lowest BCUT2D eigenvalue weighted by Gasteiger charge is -2.42. The van der Waals surface area contributed by atoms with E-state index in [2.05, 4.69) is 24.3 Å². The van der Waals surface area contributed by atoms with Crippen LogP contribution in [0.2, 0.25) is 0 Å². The summed E-state index contributed by atoms with van der Waals surface area (Å²) in [5.74, 6) is 0.699. The van der Waals surface area contributed by atoms with Crippen LogP contribution in [-0.2, 0) is 11.2 Å². The summed E-state index contributed by atoms with van der Waals surface area (Å²) < 4.78 is 0. The molecule has 1 heterocycles. The molecule has 162 valence electrons. The van der Waals surface area contributed by atoms with E-state index in [4.69, 9.17) is 0 Å². The molecule has 0 bridgehead atoms. The van der Waals surface area contributed by atoms with Crippen LogP contribution in [0.1, 0.15) is 48.0 Å². The van der Waals surface area contributed by atoms with Gasteiger partial charge in [-0.3, -0.25) is 9.59 Å². The van der Waals surface area contributed by atoms with E-state index in [9.17, 15) is 14.7 Å². The van der Waals surface area contributed by atoms with Gasteiger partial charge in [-0.25, -0.2) is 0 Å². The molecule has 2 aromatic carbocycles. The third-order valence-electron chi connectivity index (χ3n) is 7.05. The normalized spacial score (nSPS) is 20.3. The van der Waals surface area contributed by atoms with Gasteiger partial charge >= 0.3 is 0 Å². The molecule has 1 N–H and O–H groups in total. The molecule has 2 aromatic rings. The lowest BCUT2D eigenvalue weighted by atomic mass is 9.79. The van der Waals surface area contributed by atoms with Crippen molar-refractivity contribution in [1.82, 2.24) is 9.80 Å². The molecule has 0 aromatic heterocycles. The maximum atomic E-state index is 12.9. The Bertz CT molecular complexity index is 968. The Hall–Kier alpha value is -2.66. The van der Waals surface area contributed by atoms with Crippen molar-refractivity contribution >= 4 is 11.8 Å². The zero-order chi connectivity index (χ0) is 21.4. The van der Waals surface area contributed by atoms with Crippen LogP contribution in [0.5, 0.6) is 0 Å². The van der Waals surface area contributed by atoms with Crippen molar-refractivity contribution in [3.63, 3.8) is 0 Å². The average molecular weight is 419 g/mol. The molecular formula is C26H30N2O3. The zero-order valence-corrected chi connectivity index (χ0v) is 17.9. The Morgan fingerprint density at radius 3 is 2.19 bits per heavy atom. The summed E-state index contributed by atoms with van der Waals surface area (Å²) in [6, 6.07) is 16.6. The van der Waals surface area contributed by atoms with Crippen molar-refractivity contribution in [3.05, 3.63) is 59.7 Å². The molecule has 0 spiro atoms. The second kappa shape index (κ2) is 8.12. The summed E-state index contributed by atoms with van der Waals surface area (Å²) in [4.78, 5) is 28.9. The van der Waals surface area contributed by atoms with Gasteiger partial charge in [0, 0.05) is 31.7 Å². The number of carbonyl (C=O) groups is 2. The lowest BCUT2D eigenvalue weighted by molar-refractivity contribution is -0.161. The summed E-state index contributed by atoms with van der Waals surface area (Å²) in [6.45, 7) is 1.98. The van der Waals surface area contributed by atoms with Crippen molar-refractivity contribution in [2.45, 2.75) is 44.1 Å². The molecule has 0 radical (unpaired) electrons. The van der Waals surface area contributed by atoms with Crippen LogP contribution in [0.15, 0.2) is 48.5 Å². The van der Waals surface area contributed by atoms with Gasteiger partial charge in [0.1, 0.15) is 5.60 Å². The predicted octanol–water partition coefficient (Wildman–Crippen LogP) is 3.51. The predicted molar refractivity (Wildman–Crippen MR) is 120 cm³/mol. The number of rotatable bonds is 5. The molecule has 5 rings (SSSR count). The summed E-state index contributed by atoms with van der Waals surface area (Å²) >= 11 is 0. The molecule has 0 unspecified atom stereocenters. The second-order valence-corrected chi connectivity index (χ2v) is 9.39. The van der Waals surface area contributed by atoms with Crippen LogP contribution in [0.3, 0.4) is 0 Å². The Labute approximate surface area is 183 Å². The van der Waals surface area contributed by atoms with Gasteiger partial charge in [0.25, 0.3) is 11.8 Å². The van der Waals surface area contributed by atoms with E-state index in [1.165, 1.54) is 24.0 Å². The topological polar surface area (TPSA) is 60.9 Å². The minimum atomic E-state index is -1.15. The quantitative estimate of drug-likeness (QED) is 0.808. The minimum absolute atomic E-state index is 0.00323. The van der Waals surface area contributed by atoms with Crippen LogP contribution >= 0.6 is 0 Å². The highest BCUT2D eigenvalue weighted by molar-refractivity contribution is 5.95. The van der Waals surface area contributed by atoms with E-state index < -0.39 is 5.60 Å². The largest absolute Gasteiger partial charge is 0.380 e. The fourth-order valence-corrected chi connectivity index (χ4v) is 4.65. The van der Waals surface area contributed by atoms with E-state index in [-0.39, 0.29) is 11.8 Å². The monoisotopic (exact) mass is 418 g/mol. The van der Waals surface area contributed by atoms with Crippen molar-refractivity contribution in [3.8, 4) is 11.1 Å². The van der Waals surface area contributed by atoms with Gasteiger partial charge < -0.3 is 14.9 Å². The third-order valence-corrected chi connectivity index (χ3v) is 7.05. The Morgan fingerprint density at radius 1 is 0.903 bits per heavy atom. The van der Waals surface area contributed by atoms with E-state index in [1.807, 2.05) is 24.3 Å². The highest BCUT2D eigenvalue weighted by Crippen LogP contribution is 2.34. The molecule has 2 amide bonds. The van der Waals surface area contributed by atoms with Gasteiger partial charge in [-0.2, -0.15) is 0 Å². The second-order valence-electron chi connectivity index (χ2n) is 9.39. The minimum Gasteiger partial charge on any atom is -0.380 e.